The Bertz CT molecular complexity index is 188. The van der Waals surface area contributed by atoms with Crippen molar-refractivity contribution in [1.29, 1.82) is 0 Å². The molecule has 0 heteroatoms. The standard InChI is InChI=1S/2C10H20.C3H8/c2*1-6-7(2)9(4)10(5)8(6)3;1-3-2/h2*6-10H,1-5H3;3H2,1-2H3. The van der Waals surface area contributed by atoms with Crippen molar-refractivity contribution in [2.24, 2.45) is 59.2 Å². The van der Waals surface area contributed by atoms with Gasteiger partial charge in [0.25, 0.3) is 0 Å². The molecule has 2 saturated carbocycles. The van der Waals surface area contributed by atoms with Gasteiger partial charge in [-0.25, -0.2) is 0 Å². The second-order valence-corrected chi connectivity index (χ2v) is 9.30. The molecule has 0 nitrogen and oxygen atoms in total. The van der Waals surface area contributed by atoms with Gasteiger partial charge >= 0.3 is 0 Å². The first-order chi connectivity index (χ1) is 10.5. The smallest absolute Gasteiger partial charge is 0.0386 e. The highest BCUT2D eigenvalue weighted by Gasteiger charge is 2.39. The van der Waals surface area contributed by atoms with Crippen molar-refractivity contribution in [3.63, 3.8) is 0 Å². The highest BCUT2D eigenvalue weighted by atomic mass is 14.4. The summed E-state index contributed by atoms with van der Waals surface area (Å²) in [6.45, 7) is 28.2. The van der Waals surface area contributed by atoms with Crippen LogP contribution in [0.3, 0.4) is 0 Å². The predicted molar refractivity (Wildman–Crippen MR) is 108 cm³/mol. The Morgan fingerprint density at radius 2 is 0.348 bits per heavy atom. The Labute approximate surface area is 149 Å². The van der Waals surface area contributed by atoms with Crippen LogP contribution in [0.4, 0.5) is 0 Å². The monoisotopic (exact) mass is 324 g/mol. The lowest BCUT2D eigenvalue weighted by Gasteiger charge is -2.14. The number of rotatable bonds is 0. The minimum Gasteiger partial charge on any atom is -0.0656 e. The summed E-state index contributed by atoms with van der Waals surface area (Å²) >= 11 is 0. The molecule has 23 heavy (non-hydrogen) atoms. The van der Waals surface area contributed by atoms with Crippen LogP contribution in [-0.2, 0) is 0 Å². The van der Waals surface area contributed by atoms with E-state index in [-0.39, 0.29) is 0 Å². The molecule has 2 aliphatic carbocycles. The van der Waals surface area contributed by atoms with Gasteiger partial charge in [0.2, 0.25) is 0 Å². The van der Waals surface area contributed by atoms with Crippen LogP contribution in [0.2, 0.25) is 0 Å². The topological polar surface area (TPSA) is 0 Å². The van der Waals surface area contributed by atoms with E-state index in [1.165, 1.54) is 6.42 Å². The SMILES string of the molecule is CC1C(C)C(C)C(C)C1C.CC1C(C)C(C)C(C)C1C.CCC. The molecule has 0 amide bonds. The van der Waals surface area contributed by atoms with Crippen molar-refractivity contribution in [3.8, 4) is 0 Å². The molecule has 0 spiro atoms. The molecule has 0 aliphatic heterocycles. The third-order valence-electron chi connectivity index (χ3n) is 8.29. The molecular formula is C23H48. The van der Waals surface area contributed by atoms with Crippen LogP contribution >= 0.6 is 0 Å². The van der Waals surface area contributed by atoms with Gasteiger partial charge in [-0.15, -0.1) is 0 Å². The molecule has 0 bridgehead atoms. The van der Waals surface area contributed by atoms with E-state index in [1.54, 1.807) is 0 Å². The van der Waals surface area contributed by atoms with E-state index >= 15 is 0 Å². The maximum atomic E-state index is 2.40. The van der Waals surface area contributed by atoms with E-state index in [2.05, 4.69) is 83.1 Å². The van der Waals surface area contributed by atoms with Crippen molar-refractivity contribution >= 4 is 0 Å². The van der Waals surface area contributed by atoms with Crippen molar-refractivity contribution in [2.45, 2.75) is 89.5 Å². The molecule has 0 radical (unpaired) electrons. The fourth-order valence-corrected chi connectivity index (χ4v) is 4.79. The molecule has 2 aliphatic rings. The highest BCUT2D eigenvalue weighted by molar-refractivity contribution is 4.87. The lowest BCUT2D eigenvalue weighted by molar-refractivity contribution is 0.352. The van der Waals surface area contributed by atoms with Crippen molar-refractivity contribution in [2.75, 3.05) is 0 Å². The Kier molecular flexibility index (Phi) is 10.1. The van der Waals surface area contributed by atoms with Gasteiger partial charge in [-0.05, 0) is 59.2 Å². The first-order valence-electron chi connectivity index (χ1n) is 10.5. The van der Waals surface area contributed by atoms with E-state index in [1.807, 2.05) is 0 Å². The molecule has 0 aromatic heterocycles. The Morgan fingerprint density at radius 1 is 0.304 bits per heavy atom. The van der Waals surface area contributed by atoms with Gasteiger partial charge in [0.15, 0.2) is 0 Å². The summed E-state index contributed by atoms with van der Waals surface area (Å²) in [5.41, 5.74) is 0. The second-order valence-electron chi connectivity index (χ2n) is 9.30. The molecule has 140 valence electrons. The number of hydrogen-bond acceptors (Lipinski definition) is 0. The van der Waals surface area contributed by atoms with Crippen molar-refractivity contribution in [1.82, 2.24) is 0 Å². The highest BCUT2D eigenvalue weighted by Crippen LogP contribution is 2.45. The first-order valence-corrected chi connectivity index (χ1v) is 10.5. The molecule has 0 aromatic rings. The van der Waals surface area contributed by atoms with E-state index in [4.69, 9.17) is 0 Å². The molecule has 0 heterocycles. The Hall–Kier alpha value is 0. The Balaban J connectivity index is 0.000000360. The van der Waals surface area contributed by atoms with Gasteiger partial charge < -0.3 is 0 Å². The van der Waals surface area contributed by atoms with Gasteiger partial charge in [0.1, 0.15) is 0 Å². The van der Waals surface area contributed by atoms with Gasteiger partial charge in [-0.3, -0.25) is 0 Å². The molecule has 0 aromatic carbocycles. The maximum Gasteiger partial charge on any atom is -0.0386 e. The molecule has 2 fully saturated rings. The zero-order valence-corrected chi connectivity index (χ0v) is 18.5. The van der Waals surface area contributed by atoms with E-state index in [0.717, 1.165) is 59.2 Å². The molecule has 0 saturated heterocycles. The van der Waals surface area contributed by atoms with Crippen LogP contribution in [0.1, 0.15) is 89.5 Å². The van der Waals surface area contributed by atoms with Crippen LogP contribution < -0.4 is 0 Å². The summed E-state index contributed by atoms with van der Waals surface area (Å²) in [5.74, 6) is 9.35. The summed E-state index contributed by atoms with van der Waals surface area (Å²) in [6, 6.07) is 0. The second kappa shape index (κ2) is 10.1. The van der Waals surface area contributed by atoms with Gasteiger partial charge in [-0.1, -0.05) is 89.5 Å². The van der Waals surface area contributed by atoms with Crippen molar-refractivity contribution < 1.29 is 0 Å². The van der Waals surface area contributed by atoms with Gasteiger partial charge in [-0.2, -0.15) is 0 Å². The number of hydrogen-bond donors (Lipinski definition) is 0. The maximum absolute atomic E-state index is 2.40. The third-order valence-corrected chi connectivity index (χ3v) is 8.29. The minimum atomic E-state index is 0.935. The summed E-state index contributed by atoms with van der Waals surface area (Å²) in [4.78, 5) is 0. The fourth-order valence-electron chi connectivity index (χ4n) is 4.79. The minimum absolute atomic E-state index is 0.935. The summed E-state index contributed by atoms with van der Waals surface area (Å²) in [7, 11) is 0. The zero-order valence-electron chi connectivity index (χ0n) is 18.5. The lowest BCUT2D eigenvalue weighted by Crippen LogP contribution is -2.07. The molecule has 0 N–H and O–H groups in total. The lowest BCUT2D eigenvalue weighted by atomic mass is 9.92. The van der Waals surface area contributed by atoms with Crippen molar-refractivity contribution in [3.05, 3.63) is 0 Å². The zero-order chi connectivity index (χ0) is 18.5. The average molecular weight is 325 g/mol. The summed E-state index contributed by atoms with van der Waals surface area (Å²) in [5, 5.41) is 0. The molecule has 0 unspecified atom stereocenters. The predicted octanol–water partition coefficient (Wildman–Crippen LogP) is 7.78. The van der Waals surface area contributed by atoms with Gasteiger partial charge in [0, 0.05) is 0 Å². The Morgan fingerprint density at radius 3 is 0.391 bits per heavy atom. The van der Waals surface area contributed by atoms with Crippen LogP contribution in [0.15, 0.2) is 0 Å². The van der Waals surface area contributed by atoms with Crippen LogP contribution in [-0.4, -0.2) is 0 Å². The molecular weight excluding hydrogens is 276 g/mol. The van der Waals surface area contributed by atoms with Crippen LogP contribution in [0.25, 0.3) is 0 Å². The quantitative estimate of drug-likeness (QED) is 0.427. The molecule has 0 atom stereocenters. The van der Waals surface area contributed by atoms with E-state index in [0.29, 0.717) is 0 Å². The van der Waals surface area contributed by atoms with Crippen LogP contribution in [0, 0.1) is 59.2 Å². The molecule has 2 rings (SSSR count). The fraction of sp³-hybridized carbons (Fsp3) is 1.00. The summed E-state index contributed by atoms with van der Waals surface area (Å²) in [6.07, 6.45) is 1.25. The largest absolute Gasteiger partial charge is 0.0656 e. The van der Waals surface area contributed by atoms with E-state index in [9.17, 15) is 0 Å². The first kappa shape index (κ1) is 23.0. The average Bonchev–Trinajstić information content (AvgIpc) is 2.80. The normalized spacial score (nSPS) is 49.0. The van der Waals surface area contributed by atoms with Crippen LogP contribution in [0.5, 0.6) is 0 Å². The third kappa shape index (κ3) is 5.50. The van der Waals surface area contributed by atoms with Gasteiger partial charge in [0.05, 0.1) is 0 Å². The summed E-state index contributed by atoms with van der Waals surface area (Å²) < 4.78 is 0. The van der Waals surface area contributed by atoms with E-state index < -0.39 is 0 Å².